The minimum absolute atomic E-state index is 0.0682. The van der Waals surface area contributed by atoms with Crippen molar-refractivity contribution in [1.82, 2.24) is 10.3 Å². The summed E-state index contributed by atoms with van der Waals surface area (Å²) in [6.45, 7) is -1.78. The molecule has 5 rings (SSSR count). The molecule has 2 aromatic carbocycles. The zero-order chi connectivity index (χ0) is 27.2. The molecule has 2 aliphatic heterocycles. The number of hydrogen-bond acceptors (Lipinski definition) is 6. The minimum Gasteiger partial charge on any atom is -0.435 e. The van der Waals surface area contributed by atoms with Gasteiger partial charge < -0.3 is 15.0 Å². The van der Waals surface area contributed by atoms with Gasteiger partial charge in [-0.15, -0.1) is 0 Å². The molecule has 1 fully saturated rings. The van der Waals surface area contributed by atoms with Crippen molar-refractivity contribution in [3.63, 3.8) is 0 Å². The van der Waals surface area contributed by atoms with Crippen molar-refractivity contribution >= 4 is 21.5 Å². The first-order valence-electron chi connectivity index (χ1n) is 11.4. The minimum atomic E-state index is -4.75. The van der Waals surface area contributed by atoms with Gasteiger partial charge in [-0.25, -0.2) is 17.8 Å². The van der Waals surface area contributed by atoms with Crippen molar-refractivity contribution in [2.24, 2.45) is 0 Å². The van der Waals surface area contributed by atoms with Crippen LogP contribution in [-0.4, -0.2) is 52.2 Å². The standard InChI is InChI=1S/C24H20F6N4O3S/c25-17-6-14(7-19(10-17)37-23(26)27)15-8-21-22(32-11-15)33-5-4-31-12-18(33)13-34(21)38(35,36)20-3-1-2-16(9-20)24(28,29)30/h1-3,6-11,18,23,31H,4-5,12-13H2. The summed E-state index contributed by atoms with van der Waals surface area (Å²) in [5, 5.41) is 3.16. The normalized spacial score (nSPS) is 17.8. The maximum absolute atomic E-state index is 14.2. The molecule has 1 saturated heterocycles. The second-order valence-electron chi connectivity index (χ2n) is 8.73. The topological polar surface area (TPSA) is 74.8 Å². The molecule has 1 atom stereocenters. The van der Waals surface area contributed by atoms with Crippen molar-refractivity contribution in [2.75, 3.05) is 35.4 Å². The predicted octanol–water partition coefficient (Wildman–Crippen LogP) is 4.50. The van der Waals surface area contributed by atoms with Crippen molar-refractivity contribution in [3.8, 4) is 16.9 Å². The number of halogens is 6. The molecule has 38 heavy (non-hydrogen) atoms. The number of sulfonamides is 1. The number of aromatic nitrogens is 1. The number of pyridine rings is 1. The molecule has 7 nitrogen and oxygen atoms in total. The molecular weight excluding hydrogens is 538 g/mol. The number of anilines is 2. The van der Waals surface area contributed by atoms with Crippen molar-refractivity contribution in [2.45, 2.75) is 23.7 Å². The molecule has 14 heteroatoms. The van der Waals surface area contributed by atoms with E-state index in [0.29, 0.717) is 25.7 Å². The van der Waals surface area contributed by atoms with E-state index in [1.54, 1.807) is 0 Å². The monoisotopic (exact) mass is 558 g/mol. The number of alkyl halides is 5. The summed E-state index contributed by atoms with van der Waals surface area (Å²) in [5.41, 5.74) is -0.761. The van der Waals surface area contributed by atoms with Crippen molar-refractivity contribution < 1.29 is 39.5 Å². The van der Waals surface area contributed by atoms with Crippen LogP contribution in [0.4, 0.5) is 37.8 Å². The van der Waals surface area contributed by atoms with Crippen LogP contribution in [0, 0.1) is 5.82 Å². The number of nitrogens with one attached hydrogen (secondary N) is 1. The van der Waals surface area contributed by atoms with Gasteiger partial charge in [-0.05, 0) is 42.0 Å². The third-order valence-corrected chi connectivity index (χ3v) is 8.07. The predicted molar refractivity (Wildman–Crippen MR) is 126 cm³/mol. The maximum Gasteiger partial charge on any atom is 0.416 e. The summed E-state index contributed by atoms with van der Waals surface area (Å²) < 4.78 is 112. The average molecular weight is 559 g/mol. The molecule has 1 aromatic heterocycles. The number of piperazine rings is 1. The third kappa shape index (κ3) is 4.97. The third-order valence-electron chi connectivity index (χ3n) is 6.29. The summed E-state index contributed by atoms with van der Waals surface area (Å²) in [6, 6.07) is 7.45. The van der Waals surface area contributed by atoms with Crippen LogP contribution in [-0.2, 0) is 16.2 Å². The first-order valence-corrected chi connectivity index (χ1v) is 12.8. The molecule has 0 bridgehead atoms. The molecule has 2 aliphatic rings. The lowest BCUT2D eigenvalue weighted by molar-refractivity contribution is -0.137. The van der Waals surface area contributed by atoms with E-state index in [1.165, 1.54) is 12.3 Å². The Balaban J connectivity index is 1.63. The van der Waals surface area contributed by atoms with Gasteiger partial charge in [-0.3, -0.25) is 4.31 Å². The fourth-order valence-electron chi connectivity index (χ4n) is 4.59. The first kappa shape index (κ1) is 26.1. The molecule has 0 aliphatic carbocycles. The Kier molecular flexibility index (Phi) is 6.63. The van der Waals surface area contributed by atoms with Crippen LogP contribution in [0.3, 0.4) is 0 Å². The Bertz CT molecular complexity index is 1470. The molecule has 1 unspecified atom stereocenters. The lowest BCUT2D eigenvalue weighted by Crippen LogP contribution is -2.60. The number of nitrogens with zero attached hydrogens (tertiary/aromatic N) is 3. The quantitative estimate of drug-likeness (QED) is 0.466. The Morgan fingerprint density at radius 3 is 2.61 bits per heavy atom. The number of rotatable bonds is 5. The number of hydrogen-bond donors (Lipinski definition) is 1. The van der Waals surface area contributed by atoms with Crippen LogP contribution < -0.4 is 19.3 Å². The van der Waals surface area contributed by atoms with Gasteiger partial charge in [-0.2, -0.15) is 22.0 Å². The summed E-state index contributed by atoms with van der Waals surface area (Å²) in [6.07, 6.45) is -3.40. The molecule has 3 heterocycles. The van der Waals surface area contributed by atoms with E-state index in [1.807, 2.05) is 4.90 Å². The highest BCUT2D eigenvalue weighted by atomic mass is 32.2. The maximum atomic E-state index is 14.2. The molecular formula is C24H20F6N4O3S. The lowest BCUT2D eigenvalue weighted by atomic mass is 10.0. The number of fused-ring (bicyclic) bond motifs is 3. The summed E-state index contributed by atoms with van der Waals surface area (Å²) in [5.74, 6) is -1.03. The Labute approximate surface area is 213 Å². The smallest absolute Gasteiger partial charge is 0.416 e. The Morgan fingerprint density at radius 1 is 1.08 bits per heavy atom. The highest BCUT2D eigenvalue weighted by Crippen LogP contribution is 2.41. The van der Waals surface area contributed by atoms with Gasteiger partial charge >= 0.3 is 12.8 Å². The van der Waals surface area contributed by atoms with Crippen LogP contribution in [0.15, 0.2) is 59.6 Å². The van der Waals surface area contributed by atoms with Gasteiger partial charge in [0.25, 0.3) is 10.0 Å². The van der Waals surface area contributed by atoms with Crippen LogP contribution >= 0.6 is 0 Å². The van der Waals surface area contributed by atoms with Crippen molar-refractivity contribution in [3.05, 3.63) is 66.1 Å². The number of benzene rings is 2. The fraction of sp³-hybridized carbons (Fsp3) is 0.292. The van der Waals surface area contributed by atoms with E-state index in [4.69, 9.17) is 0 Å². The van der Waals surface area contributed by atoms with Crippen LogP contribution in [0.1, 0.15) is 5.56 Å². The van der Waals surface area contributed by atoms with Gasteiger partial charge in [-0.1, -0.05) is 6.07 Å². The summed E-state index contributed by atoms with van der Waals surface area (Å²) in [7, 11) is -4.50. The largest absolute Gasteiger partial charge is 0.435 e. The van der Waals surface area contributed by atoms with Gasteiger partial charge in [0.15, 0.2) is 5.82 Å². The molecule has 0 spiro atoms. The first-order chi connectivity index (χ1) is 17.9. The summed E-state index contributed by atoms with van der Waals surface area (Å²) in [4.78, 5) is 5.75. The Morgan fingerprint density at radius 2 is 1.87 bits per heavy atom. The van der Waals surface area contributed by atoms with E-state index in [2.05, 4.69) is 15.0 Å². The molecule has 0 saturated carbocycles. The molecule has 0 radical (unpaired) electrons. The molecule has 202 valence electrons. The second kappa shape index (κ2) is 9.66. The van der Waals surface area contributed by atoms with E-state index in [9.17, 15) is 34.8 Å². The average Bonchev–Trinajstić information content (AvgIpc) is 2.86. The van der Waals surface area contributed by atoms with Gasteiger partial charge in [0.05, 0.1) is 28.7 Å². The zero-order valence-electron chi connectivity index (χ0n) is 19.4. The van der Waals surface area contributed by atoms with Crippen molar-refractivity contribution in [1.29, 1.82) is 0 Å². The highest BCUT2D eigenvalue weighted by Gasteiger charge is 2.40. The van der Waals surface area contributed by atoms with Gasteiger partial charge in [0.2, 0.25) is 0 Å². The van der Waals surface area contributed by atoms with Crippen LogP contribution in [0.5, 0.6) is 5.75 Å². The molecule has 1 N–H and O–H groups in total. The van der Waals surface area contributed by atoms with E-state index < -0.39 is 44.8 Å². The van der Waals surface area contributed by atoms with Crippen LogP contribution in [0.2, 0.25) is 0 Å². The van der Waals surface area contributed by atoms with E-state index in [0.717, 1.165) is 40.7 Å². The van der Waals surface area contributed by atoms with Gasteiger partial charge in [0, 0.05) is 37.5 Å². The molecule has 3 aromatic rings. The van der Waals surface area contributed by atoms with E-state index in [-0.39, 0.29) is 35.2 Å². The van der Waals surface area contributed by atoms with E-state index >= 15 is 0 Å². The number of ether oxygens (including phenoxy) is 1. The zero-order valence-corrected chi connectivity index (χ0v) is 20.2. The molecule has 0 amide bonds. The second-order valence-corrected chi connectivity index (χ2v) is 10.6. The lowest BCUT2D eigenvalue weighted by Gasteiger charge is -2.45. The summed E-state index contributed by atoms with van der Waals surface area (Å²) >= 11 is 0. The fourth-order valence-corrected chi connectivity index (χ4v) is 6.13. The SMILES string of the molecule is O=S(=O)(c1cccc(C(F)(F)F)c1)N1CC2CNCCN2c2ncc(-c3cc(F)cc(OC(F)F)c3)cc21. The van der Waals surface area contributed by atoms with Gasteiger partial charge in [0.1, 0.15) is 11.6 Å². The Hall–Kier alpha value is -3.52. The highest BCUT2D eigenvalue weighted by molar-refractivity contribution is 7.92. The van der Waals surface area contributed by atoms with Crippen LogP contribution in [0.25, 0.3) is 11.1 Å².